The standard InChI is InChI=1S/C32H34N2O5S/c1-32(21-11-4-9-18-31(35)36)28-23-27(40(37,38)39)19-20-29(28)34(24-25-13-5-2-6-14-25)30(32)17-10-12-22-33-26-15-7-3-8-16-26/h2-3,5-8,10,12-17,19-20,22-23H,4,9,11,18,21,24H2,1H3,(H2,35,36,37,38,39)/p+1/t32-/m1/s1. The summed E-state index contributed by atoms with van der Waals surface area (Å²) in [5.74, 6) is -0.810. The van der Waals surface area contributed by atoms with Crippen molar-refractivity contribution >= 4 is 33.2 Å². The SMILES string of the molecule is C[C@]1(CCCCCC(=O)O)C(/C=C/C=C/Nc2ccccc2)=[N+](Cc2ccccc2)c2ccc(S(=O)(=O)O)cc21. The maximum atomic E-state index is 12.1. The largest absolute Gasteiger partial charge is 0.481 e. The Kier molecular flexibility index (Phi) is 9.34. The highest BCUT2D eigenvalue weighted by molar-refractivity contribution is 7.85. The number of benzene rings is 3. The molecule has 0 aromatic heterocycles. The fraction of sp³-hybridized carbons (Fsp3) is 0.250. The fourth-order valence-corrected chi connectivity index (χ4v) is 5.71. The molecule has 0 unspecified atom stereocenters. The van der Waals surface area contributed by atoms with Crippen LogP contribution in [-0.4, -0.2) is 34.3 Å². The van der Waals surface area contributed by atoms with E-state index in [2.05, 4.69) is 35.0 Å². The zero-order valence-electron chi connectivity index (χ0n) is 22.5. The number of nitrogens with one attached hydrogen (secondary N) is 1. The van der Waals surface area contributed by atoms with Crippen molar-refractivity contribution in [2.24, 2.45) is 0 Å². The molecule has 1 aliphatic rings. The minimum Gasteiger partial charge on any atom is -0.481 e. The van der Waals surface area contributed by atoms with Crippen molar-refractivity contribution in [2.75, 3.05) is 5.32 Å². The second-order valence-electron chi connectivity index (χ2n) is 10.1. The Labute approximate surface area is 236 Å². The summed E-state index contributed by atoms with van der Waals surface area (Å²) >= 11 is 0. The van der Waals surface area contributed by atoms with E-state index in [1.54, 1.807) is 12.1 Å². The van der Waals surface area contributed by atoms with Gasteiger partial charge in [-0.05, 0) is 50.1 Å². The molecule has 0 saturated carbocycles. The van der Waals surface area contributed by atoms with Gasteiger partial charge in [0.2, 0.25) is 5.69 Å². The van der Waals surface area contributed by atoms with E-state index >= 15 is 0 Å². The van der Waals surface area contributed by atoms with Crippen LogP contribution in [0.25, 0.3) is 0 Å². The molecule has 3 aromatic carbocycles. The highest BCUT2D eigenvalue weighted by atomic mass is 32.2. The monoisotopic (exact) mass is 559 g/mol. The Morgan fingerprint density at radius 3 is 2.33 bits per heavy atom. The number of para-hydroxylation sites is 1. The summed E-state index contributed by atoms with van der Waals surface area (Å²) in [7, 11) is -4.39. The summed E-state index contributed by atoms with van der Waals surface area (Å²) in [6.45, 7) is 2.67. The predicted molar refractivity (Wildman–Crippen MR) is 158 cm³/mol. The van der Waals surface area contributed by atoms with Gasteiger partial charge in [-0.2, -0.15) is 13.0 Å². The van der Waals surface area contributed by atoms with Gasteiger partial charge in [0.05, 0.1) is 10.3 Å². The second-order valence-corrected chi connectivity index (χ2v) is 11.5. The number of carboxylic acids is 1. The lowest BCUT2D eigenvalue weighted by atomic mass is 9.75. The predicted octanol–water partition coefficient (Wildman–Crippen LogP) is 6.71. The molecule has 0 radical (unpaired) electrons. The van der Waals surface area contributed by atoms with E-state index in [9.17, 15) is 17.8 Å². The Morgan fingerprint density at radius 2 is 1.65 bits per heavy atom. The third kappa shape index (κ3) is 7.14. The van der Waals surface area contributed by atoms with Crippen molar-refractivity contribution in [1.82, 2.24) is 0 Å². The highest BCUT2D eigenvalue weighted by Gasteiger charge is 2.47. The van der Waals surface area contributed by atoms with Crippen LogP contribution in [0.4, 0.5) is 11.4 Å². The summed E-state index contributed by atoms with van der Waals surface area (Å²) in [5.41, 5.74) is 4.22. The van der Waals surface area contributed by atoms with Gasteiger partial charge in [-0.1, -0.05) is 67.4 Å². The van der Waals surface area contributed by atoms with Crippen LogP contribution in [0.15, 0.2) is 108 Å². The summed E-state index contributed by atoms with van der Waals surface area (Å²) in [4.78, 5) is 10.9. The lowest BCUT2D eigenvalue weighted by molar-refractivity contribution is -0.455. The van der Waals surface area contributed by atoms with Crippen LogP contribution in [0.5, 0.6) is 0 Å². The van der Waals surface area contributed by atoms with Crippen molar-refractivity contribution in [3.8, 4) is 0 Å². The molecule has 0 spiro atoms. The number of unbranched alkanes of at least 4 members (excludes halogenated alkanes) is 2. The van der Waals surface area contributed by atoms with Gasteiger partial charge < -0.3 is 10.4 Å². The number of allylic oxidation sites excluding steroid dienone is 3. The maximum absolute atomic E-state index is 12.1. The second kappa shape index (κ2) is 12.9. The van der Waals surface area contributed by atoms with Gasteiger partial charge in [0, 0.05) is 41.6 Å². The Hall–Kier alpha value is -4.01. The molecule has 40 heavy (non-hydrogen) atoms. The maximum Gasteiger partial charge on any atom is 0.303 e. The molecule has 3 aromatic rings. The van der Waals surface area contributed by atoms with E-state index in [1.165, 1.54) is 6.07 Å². The zero-order chi connectivity index (χ0) is 28.6. The average molecular weight is 560 g/mol. The number of aliphatic carboxylic acids is 1. The van der Waals surface area contributed by atoms with Crippen molar-refractivity contribution in [3.63, 3.8) is 0 Å². The van der Waals surface area contributed by atoms with Crippen molar-refractivity contribution in [3.05, 3.63) is 114 Å². The minimum absolute atomic E-state index is 0.121. The summed E-state index contributed by atoms with van der Waals surface area (Å²) in [6, 6.07) is 24.7. The third-order valence-corrected chi connectivity index (χ3v) is 8.09. The average Bonchev–Trinajstić information content (AvgIpc) is 3.15. The molecule has 3 N–H and O–H groups in total. The number of carboxylic acid groups (broad SMARTS) is 1. The Morgan fingerprint density at radius 1 is 0.950 bits per heavy atom. The lowest BCUT2D eigenvalue weighted by Gasteiger charge is -2.23. The number of hydrogen-bond acceptors (Lipinski definition) is 4. The van der Waals surface area contributed by atoms with E-state index in [-0.39, 0.29) is 11.3 Å². The smallest absolute Gasteiger partial charge is 0.303 e. The number of fused-ring (bicyclic) bond motifs is 1. The molecular weight excluding hydrogens is 524 g/mol. The molecule has 0 fully saturated rings. The molecule has 208 valence electrons. The van der Waals surface area contributed by atoms with Crippen molar-refractivity contribution < 1.29 is 27.4 Å². The van der Waals surface area contributed by atoms with Gasteiger partial charge in [0.25, 0.3) is 10.1 Å². The van der Waals surface area contributed by atoms with E-state index in [1.807, 2.05) is 66.9 Å². The van der Waals surface area contributed by atoms with Crippen LogP contribution in [0, 0.1) is 0 Å². The molecule has 1 aliphatic heterocycles. The number of hydrogen-bond donors (Lipinski definition) is 3. The van der Waals surface area contributed by atoms with E-state index < -0.39 is 21.5 Å². The first-order valence-electron chi connectivity index (χ1n) is 13.4. The van der Waals surface area contributed by atoms with Crippen LogP contribution in [0.2, 0.25) is 0 Å². The number of nitrogens with zero attached hydrogens (tertiary/aromatic N) is 1. The van der Waals surface area contributed by atoms with E-state index in [4.69, 9.17) is 5.11 Å². The molecule has 0 bridgehead atoms. The van der Waals surface area contributed by atoms with Gasteiger partial charge in [-0.15, -0.1) is 0 Å². The normalized spacial score (nSPS) is 17.1. The highest BCUT2D eigenvalue weighted by Crippen LogP contribution is 2.45. The zero-order valence-corrected chi connectivity index (χ0v) is 23.3. The lowest BCUT2D eigenvalue weighted by Crippen LogP contribution is -2.31. The number of anilines is 1. The van der Waals surface area contributed by atoms with Crippen LogP contribution in [0.1, 0.15) is 50.2 Å². The summed E-state index contributed by atoms with van der Waals surface area (Å²) < 4.78 is 36.2. The van der Waals surface area contributed by atoms with Crippen LogP contribution < -0.4 is 5.32 Å². The third-order valence-electron chi connectivity index (χ3n) is 7.24. The van der Waals surface area contributed by atoms with E-state index in [0.717, 1.165) is 41.1 Å². The Bertz CT molecular complexity index is 1530. The molecule has 8 heteroatoms. The van der Waals surface area contributed by atoms with E-state index in [0.29, 0.717) is 19.4 Å². The van der Waals surface area contributed by atoms with Gasteiger partial charge in [-0.3, -0.25) is 9.35 Å². The first-order chi connectivity index (χ1) is 19.2. The molecule has 0 amide bonds. The first kappa shape index (κ1) is 29.0. The molecular formula is C32H35N2O5S+. The van der Waals surface area contributed by atoms with Crippen LogP contribution in [-0.2, 0) is 26.9 Å². The first-order valence-corrected chi connectivity index (χ1v) is 14.8. The summed E-state index contributed by atoms with van der Waals surface area (Å²) in [5, 5.41) is 12.3. The fourth-order valence-electron chi connectivity index (χ4n) is 5.20. The molecule has 0 aliphatic carbocycles. The van der Waals surface area contributed by atoms with Gasteiger partial charge in [0.1, 0.15) is 0 Å². The molecule has 7 nitrogen and oxygen atoms in total. The topological polar surface area (TPSA) is 107 Å². The number of rotatable bonds is 13. The molecule has 1 atom stereocenters. The van der Waals surface area contributed by atoms with Crippen LogP contribution >= 0.6 is 0 Å². The molecule has 4 rings (SSSR count). The van der Waals surface area contributed by atoms with Gasteiger partial charge in [0.15, 0.2) is 12.3 Å². The minimum atomic E-state index is -4.39. The van der Waals surface area contributed by atoms with Crippen molar-refractivity contribution in [2.45, 2.75) is 55.9 Å². The van der Waals surface area contributed by atoms with Gasteiger partial charge >= 0.3 is 5.97 Å². The molecule has 0 saturated heterocycles. The number of carbonyl (C=O) groups is 1. The quantitative estimate of drug-likeness (QED) is 0.0930. The van der Waals surface area contributed by atoms with Gasteiger partial charge in [-0.25, -0.2) is 0 Å². The molecule has 1 heterocycles. The van der Waals surface area contributed by atoms with Crippen molar-refractivity contribution in [1.29, 1.82) is 0 Å². The Balaban J connectivity index is 1.73. The summed E-state index contributed by atoms with van der Waals surface area (Å²) in [6.07, 6.45) is 10.7. The van der Waals surface area contributed by atoms with Crippen LogP contribution in [0.3, 0.4) is 0 Å².